The van der Waals surface area contributed by atoms with E-state index in [4.69, 9.17) is 4.98 Å². The summed E-state index contributed by atoms with van der Waals surface area (Å²) in [6.07, 6.45) is 9.15. The first-order valence-electron chi connectivity index (χ1n) is 9.19. The fourth-order valence-corrected chi connectivity index (χ4v) is 3.45. The molecule has 0 radical (unpaired) electrons. The van der Waals surface area contributed by atoms with Crippen molar-refractivity contribution in [3.05, 3.63) is 42.4 Å². The van der Waals surface area contributed by atoms with Crippen LogP contribution in [0.3, 0.4) is 0 Å². The van der Waals surface area contributed by atoms with Crippen molar-refractivity contribution < 1.29 is 4.79 Å². The van der Waals surface area contributed by atoms with E-state index in [9.17, 15) is 4.79 Å². The van der Waals surface area contributed by atoms with Gasteiger partial charge in [-0.1, -0.05) is 50.1 Å². The van der Waals surface area contributed by atoms with Gasteiger partial charge in [0.05, 0.1) is 11.7 Å². The second kappa shape index (κ2) is 8.13. The van der Waals surface area contributed by atoms with Crippen LogP contribution in [0.1, 0.15) is 63.7 Å². The third-order valence-electron chi connectivity index (χ3n) is 4.80. The van der Waals surface area contributed by atoms with Gasteiger partial charge >= 0.3 is 0 Å². The number of amides is 1. The summed E-state index contributed by atoms with van der Waals surface area (Å²) >= 11 is 0. The fraction of sp³-hybridized carbons (Fsp3) is 0.500. The Morgan fingerprint density at radius 3 is 2.88 bits per heavy atom. The lowest BCUT2D eigenvalue weighted by Crippen LogP contribution is -2.38. The van der Waals surface area contributed by atoms with E-state index in [1.807, 2.05) is 29.3 Å². The number of aromatic nitrogens is 2. The van der Waals surface area contributed by atoms with Crippen LogP contribution < -0.4 is 0 Å². The van der Waals surface area contributed by atoms with Crippen molar-refractivity contribution in [2.45, 2.75) is 57.9 Å². The van der Waals surface area contributed by atoms with Gasteiger partial charge < -0.3 is 9.88 Å². The number of piperidine rings is 1. The normalized spacial score (nSPS) is 17.9. The highest BCUT2D eigenvalue weighted by Gasteiger charge is 2.29. The Balaban J connectivity index is 1.74. The number of hydrogen-bond donors (Lipinski definition) is 1. The predicted molar refractivity (Wildman–Crippen MR) is 96.5 cm³/mol. The maximum Gasteiger partial charge on any atom is 0.223 e. The van der Waals surface area contributed by atoms with Gasteiger partial charge in [-0.2, -0.15) is 0 Å². The number of carbonyl (C=O) groups excluding carboxylic acids is 1. The number of nitrogens with zero attached hydrogens (tertiary/aromatic N) is 2. The highest BCUT2D eigenvalue weighted by atomic mass is 16.2. The second-order valence-corrected chi connectivity index (χ2v) is 6.59. The van der Waals surface area contributed by atoms with Crippen molar-refractivity contribution in [3.63, 3.8) is 0 Å². The lowest BCUT2D eigenvalue weighted by molar-refractivity contribution is -0.135. The molecule has 1 saturated heterocycles. The molecule has 24 heavy (non-hydrogen) atoms. The Morgan fingerprint density at radius 1 is 1.25 bits per heavy atom. The van der Waals surface area contributed by atoms with E-state index in [0.29, 0.717) is 6.42 Å². The number of benzene rings is 1. The number of aromatic amines is 1. The molecule has 2 heterocycles. The molecule has 1 aromatic heterocycles. The molecule has 1 unspecified atom stereocenters. The van der Waals surface area contributed by atoms with Crippen LogP contribution >= 0.6 is 0 Å². The number of rotatable bonds is 6. The number of carbonyl (C=O) groups is 1. The van der Waals surface area contributed by atoms with Crippen LogP contribution in [0.2, 0.25) is 0 Å². The molecule has 1 atom stereocenters. The summed E-state index contributed by atoms with van der Waals surface area (Å²) in [5.74, 6) is 1.21. The second-order valence-electron chi connectivity index (χ2n) is 6.59. The van der Waals surface area contributed by atoms with Crippen molar-refractivity contribution in [2.75, 3.05) is 6.54 Å². The SMILES string of the molecule is CCCCCC(=O)N1CCCCC1c1nc(-c2ccccc2)c[nH]1. The minimum Gasteiger partial charge on any atom is -0.346 e. The van der Waals surface area contributed by atoms with Crippen LogP contribution in [0, 0.1) is 0 Å². The smallest absolute Gasteiger partial charge is 0.223 e. The molecular weight excluding hydrogens is 298 g/mol. The van der Waals surface area contributed by atoms with Crippen LogP contribution in [0.15, 0.2) is 36.5 Å². The van der Waals surface area contributed by atoms with Crippen molar-refractivity contribution in [3.8, 4) is 11.3 Å². The standard InChI is InChI=1S/C20H27N3O/c1-2-3-5-13-19(24)23-14-9-8-12-18(23)20-21-15-17(22-20)16-10-6-4-7-11-16/h4,6-7,10-11,15,18H,2-3,5,8-9,12-14H2,1H3,(H,21,22). The number of imidazole rings is 1. The van der Waals surface area contributed by atoms with Gasteiger partial charge in [-0.15, -0.1) is 0 Å². The lowest BCUT2D eigenvalue weighted by Gasteiger charge is -2.34. The van der Waals surface area contributed by atoms with Crippen LogP contribution in [-0.4, -0.2) is 27.3 Å². The zero-order valence-corrected chi connectivity index (χ0v) is 14.5. The highest BCUT2D eigenvalue weighted by Crippen LogP contribution is 2.31. The summed E-state index contributed by atoms with van der Waals surface area (Å²) in [7, 11) is 0. The molecule has 1 fully saturated rings. The predicted octanol–water partition coefficient (Wildman–Crippen LogP) is 4.71. The summed E-state index contributed by atoms with van der Waals surface area (Å²) in [5.41, 5.74) is 2.06. The van der Waals surface area contributed by atoms with Crippen molar-refractivity contribution in [1.29, 1.82) is 0 Å². The van der Waals surface area contributed by atoms with E-state index in [0.717, 1.165) is 62.2 Å². The van der Waals surface area contributed by atoms with Crippen LogP contribution in [0.4, 0.5) is 0 Å². The molecule has 2 aromatic rings. The molecule has 0 bridgehead atoms. The zero-order valence-electron chi connectivity index (χ0n) is 14.5. The molecule has 0 aliphatic carbocycles. The molecule has 1 aliphatic heterocycles. The minimum absolute atomic E-state index is 0.102. The van der Waals surface area contributed by atoms with Crippen molar-refractivity contribution >= 4 is 5.91 Å². The summed E-state index contributed by atoms with van der Waals surface area (Å²) in [4.78, 5) is 22.8. The summed E-state index contributed by atoms with van der Waals surface area (Å²) in [6, 6.07) is 10.3. The molecule has 1 N–H and O–H groups in total. The highest BCUT2D eigenvalue weighted by molar-refractivity contribution is 5.76. The van der Waals surface area contributed by atoms with E-state index in [-0.39, 0.29) is 11.9 Å². The maximum absolute atomic E-state index is 12.6. The zero-order chi connectivity index (χ0) is 16.8. The van der Waals surface area contributed by atoms with Crippen LogP contribution in [-0.2, 0) is 4.79 Å². The Kier molecular flexibility index (Phi) is 5.68. The van der Waals surface area contributed by atoms with E-state index >= 15 is 0 Å². The summed E-state index contributed by atoms with van der Waals surface area (Å²) in [5, 5.41) is 0. The van der Waals surface area contributed by atoms with E-state index < -0.39 is 0 Å². The molecule has 0 saturated carbocycles. The van der Waals surface area contributed by atoms with Crippen LogP contribution in [0.5, 0.6) is 0 Å². The number of likely N-dealkylation sites (tertiary alicyclic amines) is 1. The van der Waals surface area contributed by atoms with Gasteiger partial charge in [-0.3, -0.25) is 4.79 Å². The Bertz CT molecular complexity index is 650. The Hall–Kier alpha value is -2.10. The molecule has 128 valence electrons. The Morgan fingerprint density at radius 2 is 2.08 bits per heavy atom. The van der Waals surface area contributed by atoms with Gasteiger partial charge in [-0.05, 0) is 25.7 Å². The van der Waals surface area contributed by atoms with Gasteiger partial charge in [-0.25, -0.2) is 4.98 Å². The number of unbranched alkanes of at least 4 members (excludes halogenated alkanes) is 2. The number of nitrogens with one attached hydrogen (secondary N) is 1. The molecule has 4 nitrogen and oxygen atoms in total. The average molecular weight is 325 g/mol. The van der Waals surface area contributed by atoms with Gasteiger partial charge in [0.1, 0.15) is 5.82 Å². The van der Waals surface area contributed by atoms with Crippen molar-refractivity contribution in [1.82, 2.24) is 14.9 Å². The minimum atomic E-state index is 0.102. The Labute approximate surface area is 144 Å². The molecule has 0 spiro atoms. The number of hydrogen-bond acceptors (Lipinski definition) is 2. The average Bonchev–Trinajstić information content (AvgIpc) is 3.12. The molecule has 1 aromatic carbocycles. The van der Waals surface area contributed by atoms with Gasteiger partial charge in [0.2, 0.25) is 5.91 Å². The lowest BCUT2D eigenvalue weighted by atomic mass is 10.0. The molecule has 1 aliphatic rings. The van der Waals surface area contributed by atoms with Crippen molar-refractivity contribution in [2.24, 2.45) is 0 Å². The third kappa shape index (κ3) is 3.86. The quantitative estimate of drug-likeness (QED) is 0.782. The molecule has 3 rings (SSSR count). The summed E-state index contributed by atoms with van der Waals surface area (Å²) in [6.45, 7) is 3.03. The van der Waals surface area contributed by atoms with Gasteiger partial charge in [0.15, 0.2) is 0 Å². The van der Waals surface area contributed by atoms with Gasteiger partial charge in [0.25, 0.3) is 0 Å². The maximum atomic E-state index is 12.6. The fourth-order valence-electron chi connectivity index (χ4n) is 3.45. The van der Waals surface area contributed by atoms with E-state index in [2.05, 4.69) is 24.0 Å². The first-order chi connectivity index (χ1) is 11.8. The topological polar surface area (TPSA) is 49.0 Å². The van der Waals surface area contributed by atoms with E-state index in [1.165, 1.54) is 0 Å². The van der Waals surface area contributed by atoms with Gasteiger partial charge in [0, 0.05) is 24.7 Å². The largest absolute Gasteiger partial charge is 0.346 e. The van der Waals surface area contributed by atoms with E-state index in [1.54, 1.807) is 0 Å². The first kappa shape index (κ1) is 16.7. The molecule has 4 heteroatoms. The molecule has 1 amide bonds. The first-order valence-corrected chi connectivity index (χ1v) is 9.19. The third-order valence-corrected chi connectivity index (χ3v) is 4.80. The summed E-state index contributed by atoms with van der Waals surface area (Å²) < 4.78 is 0. The number of H-pyrrole nitrogens is 1. The van der Waals surface area contributed by atoms with Crippen LogP contribution in [0.25, 0.3) is 11.3 Å². The monoisotopic (exact) mass is 325 g/mol. The molecular formula is C20H27N3O.